The van der Waals surface area contributed by atoms with Crippen LogP contribution in [-0.2, 0) is 11.3 Å². The number of hydrogen-bond acceptors (Lipinski definition) is 4. The van der Waals surface area contributed by atoms with E-state index in [1.54, 1.807) is 17.0 Å². The number of rotatable bonds is 4. The van der Waals surface area contributed by atoms with E-state index in [0.29, 0.717) is 12.2 Å². The Labute approximate surface area is 161 Å². The molecule has 0 radical (unpaired) electrons. The molecule has 2 aliphatic rings. The summed E-state index contributed by atoms with van der Waals surface area (Å²) in [6, 6.07) is 15.5. The molecule has 2 aromatic rings. The van der Waals surface area contributed by atoms with E-state index in [4.69, 9.17) is 0 Å². The maximum Gasteiger partial charge on any atom is 0.300 e. The number of piperazine rings is 1. The van der Waals surface area contributed by atoms with Gasteiger partial charge in [-0.15, -0.1) is 0 Å². The average Bonchev–Trinajstić information content (AvgIpc) is 2.90. The predicted octanol–water partition coefficient (Wildman–Crippen LogP) is 2.75. The lowest BCUT2D eigenvalue weighted by Gasteiger charge is -2.36. The summed E-state index contributed by atoms with van der Waals surface area (Å²) in [5, 5.41) is 0. The predicted molar refractivity (Wildman–Crippen MR) is 104 cm³/mol. The van der Waals surface area contributed by atoms with Crippen molar-refractivity contribution in [1.29, 1.82) is 0 Å². The summed E-state index contributed by atoms with van der Waals surface area (Å²) < 4.78 is 1.14. The number of halogens is 1. The zero-order valence-electron chi connectivity index (χ0n) is 14.4. The van der Waals surface area contributed by atoms with Gasteiger partial charge in [0.1, 0.15) is 0 Å². The van der Waals surface area contributed by atoms with Gasteiger partial charge < -0.3 is 0 Å². The maximum atomic E-state index is 12.3. The largest absolute Gasteiger partial charge is 0.300 e. The molecule has 0 atom stereocenters. The van der Waals surface area contributed by atoms with Crippen LogP contribution in [0.2, 0.25) is 0 Å². The van der Waals surface area contributed by atoms with Crippen LogP contribution in [0.4, 0.5) is 5.69 Å². The van der Waals surface area contributed by atoms with Crippen LogP contribution < -0.4 is 4.90 Å². The molecule has 26 heavy (non-hydrogen) atoms. The van der Waals surface area contributed by atoms with Crippen LogP contribution in [0.3, 0.4) is 0 Å². The second-order valence-electron chi connectivity index (χ2n) is 6.71. The molecule has 6 heteroatoms. The van der Waals surface area contributed by atoms with Crippen LogP contribution in [0.1, 0.15) is 15.9 Å². The molecule has 134 valence electrons. The molecule has 4 rings (SSSR count). The molecule has 0 aromatic heterocycles. The van der Waals surface area contributed by atoms with Gasteiger partial charge in [-0.1, -0.05) is 46.3 Å². The van der Waals surface area contributed by atoms with Crippen LogP contribution in [0.25, 0.3) is 0 Å². The third-order valence-electron chi connectivity index (χ3n) is 5.04. The van der Waals surface area contributed by atoms with Crippen molar-refractivity contribution < 1.29 is 9.59 Å². The summed E-state index contributed by atoms with van der Waals surface area (Å²) in [6.07, 6.45) is 0. The first-order chi connectivity index (χ1) is 12.6. The van der Waals surface area contributed by atoms with Crippen molar-refractivity contribution in [3.8, 4) is 0 Å². The van der Waals surface area contributed by atoms with Gasteiger partial charge in [0.15, 0.2) is 0 Å². The monoisotopic (exact) mass is 413 g/mol. The first kappa shape index (κ1) is 17.4. The number of Topliss-reactive ketones (excluding diaryl/α,β-unsaturated/α-hetero) is 1. The van der Waals surface area contributed by atoms with Gasteiger partial charge in [0, 0.05) is 37.2 Å². The van der Waals surface area contributed by atoms with Gasteiger partial charge in [-0.2, -0.15) is 0 Å². The smallest absolute Gasteiger partial charge is 0.296 e. The van der Waals surface area contributed by atoms with E-state index < -0.39 is 11.7 Å². The van der Waals surface area contributed by atoms with Crippen molar-refractivity contribution in [3.05, 3.63) is 64.1 Å². The van der Waals surface area contributed by atoms with Crippen LogP contribution in [0.5, 0.6) is 0 Å². The van der Waals surface area contributed by atoms with E-state index >= 15 is 0 Å². The van der Waals surface area contributed by atoms with Crippen molar-refractivity contribution in [2.75, 3.05) is 37.7 Å². The maximum absolute atomic E-state index is 12.3. The minimum atomic E-state index is -0.415. The number of amides is 1. The van der Waals surface area contributed by atoms with Crippen molar-refractivity contribution in [2.24, 2.45) is 0 Å². The van der Waals surface area contributed by atoms with Gasteiger partial charge in [0.05, 0.1) is 17.9 Å². The fraction of sp³-hybridized carbons (Fsp3) is 0.300. The summed E-state index contributed by atoms with van der Waals surface area (Å²) in [5.41, 5.74) is 2.54. The molecule has 1 amide bonds. The molecule has 0 bridgehead atoms. The first-order valence-electron chi connectivity index (χ1n) is 8.77. The molecule has 0 aliphatic carbocycles. The fourth-order valence-electron chi connectivity index (χ4n) is 3.54. The summed E-state index contributed by atoms with van der Waals surface area (Å²) in [5.74, 6) is -0.810. The van der Waals surface area contributed by atoms with Crippen molar-refractivity contribution in [1.82, 2.24) is 9.80 Å². The molecule has 1 fully saturated rings. The number of benzene rings is 2. The molecule has 0 spiro atoms. The zero-order chi connectivity index (χ0) is 18.1. The molecular formula is C20H20BrN3O2. The van der Waals surface area contributed by atoms with E-state index in [0.717, 1.165) is 42.9 Å². The topological polar surface area (TPSA) is 43.9 Å². The molecular weight excluding hydrogens is 394 g/mol. The van der Waals surface area contributed by atoms with E-state index in [-0.39, 0.29) is 0 Å². The molecule has 0 N–H and O–H groups in total. The minimum Gasteiger partial charge on any atom is -0.296 e. The van der Waals surface area contributed by atoms with Crippen LogP contribution in [-0.4, -0.2) is 54.3 Å². The van der Waals surface area contributed by atoms with Crippen molar-refractivity contribution >= 4 is 33.3 Å². The SMILES string of the molecule is O=C1C(=O)N(CN2CCN(Cc3ccccc3Br)CC2)c2ccccc21. The fourth-order valence-corrected chi connectivity index (χ4v) is 3.96. The molecule has 2 aliphatic heterocycles. The quantitative estimate of drug-likeness (QED) is 0.722. The number of ketones is 1. The van der Waals surface area contributed by atoms with E-state index in [1.165, 1.54) is 5.56 Å². The highest BCUT2D eigenvalue weighted by Gasteiger charge is 2.36. The summed E-state index contributed by atoms with van der Waals surface area (Å²) >= 11 is 3.61. The number of hydrogen-bond donors (Lipinski definition) is 0. The Morgan fingerprint density at radius 2 is 1.50 bits per heavy atom. The lowest BCUT2D eigenvalue weighted by atomic mass is 10.1. The van der Waals surface area contributed by atoms with E-state index in [1.807, 2.05) is 18.2 Å². The summed E-state index contributed by atoms with van der Waals surface area (Å²) in [6.45, 7) is 5.04. The highest BCUT2D eigenvalue weighted by Crippen LogP contribution is 2.28. The third kappa shape index (κ3) is 3.32. The Morgan fingerprint density at radius 1 is 0.846 bits per heavy atom. The molecule has 0 saturated carbocycles. The Morgan fingerprint density at radius 3 is 2.27 bits per heavy atom. The van der Waals surface area contributed by atoms with Crippen molar-refractivity contribution in [3.63, 3.8) is 0 Å². The van der Waals surface area contributed by atoms with Gasteiger partial charge in [-0.25, -0.2) is 0 Å². The zero-order valence-corrected chi connectivity index (χ0v) is 16.0. The lowest BCUT2D eigenvalue weighted by Crippen LogP contribution is -2.50. The number of carbonyl (C=O) groups excluding carboxylic acids is 2. The number of fused-ring (bicyclic) bond motifs is 1. The second-order valence-corrected chi connectivity index (χ2v) is 7.56. The average molecular weight is 414 g/mol. The van der Waals surface area contributed by atoms with Gasteiger partial charge in [-0.05, 0) is 23.8 Å². The van der Waals surface area contributed by atoms with Gasteiger partial charge >= 0.3 is 5.91 Å². The highest BCUT2D eigenvalue weighted by molar-refractivity contribution is 9.10. The van der Waals surface area contributed by atoms with E-state index in [2.05, 4.69) is 43.9 Å². The van der Waals surface area contributed by atoms with Crippen molar-refractivity contribution in [2.45, 2.75) is 6.54 Å². The van der Waals surface area contributed by atoms with Gasteiger partial charge in [0.2, 0.25) is 0 Å². The molecule has 2 aromatic carbocycles. The molecule has 1 saturated heterocycles. The third-order valence-corrected chi connectivity index (χ3v) is 5.81. The Bertz CT molecular complexity index is 846. The van der Waals surface area contributed by atoms with Crippen LogP contribution in [0.15, 0.2) is 53.0 Å². The first-order valence-corrected chi connectivity index (χ1v) is 9.56. The van der Waals surface area contributed by atoms with Crippen LogP contribution >= 0.6 is 15.9 Å². The number of carbonyl (C=O) groups is 2. The summed E-state index contributed by atoms with van der Waals surface area (Å²) in [7, 11) is 0. The van der Waals surface area contributed by atoms with Crippen LogP contribution in [0, 0.1) is 0 Å². The Balaban J connectivity index is 1.37. The number of nitrogens with zero attached hydrogens (tertiary/aromatic N) is 3. The van der Waals surface area contributed by atoms with E-state index in [9.17, 15) is 9.59 Å². The van der Waals surface area contributed by atoms with Gasteiger partial charge in [-0.3, -0.25) is 24.3 Å². The Hall–Kier alpha value is -2.02. The normalized spacial score (nSPS) is 18.4. The number of para-hydroxylation sites is 1. The molecule has 2 heterocycles. The number of anilines is 1. The molecule has 0 unspecified atom stereocenters. The Kier molecular flexibility index (Phi) is 4.89. The minimum absolute atomic E-state index is 0.395. The van der Waals surface area contributed by atoms with Gasteiger partial charge in [0.25, 0.3) is 5.78 Å². The highest BCUT2D eigenvalue weighted by atomic mass is 79.9. The lowest BCUT2D eigenvalue weighted by molar-refractivity contribution is -0.114. The molecule has 5 nitrogen and oxygen atoms in total. The second kappa shape index (κ2) is 7.31. The summed E-state index contributed by atoms with van der Waals surface area (Å²) in [4.78, 5) is 30.7. The standard InChI is InChI=1S/C20H20BrN3O2/c21-17-7-3-1-5-15(17)13-22-9-11-23(12-10-22)14-24-18-8-4-2-6-16(18)19(25)20(24)26/h1-8H,9-14H2.